The van der Waals surface area contributed by atoms with Crippen molar-refractivity contribution in [2.24, 2.45) is 0 Å². The maximum atomic E-state index is 12.8. The molecule has 9 heteroatoms. The molecule has 1 aliphatic rings. The fraction of sp³-hybridized carbons (Fsp3) is 0.353. The highest BCUT2D eigenvalue weighted by atomic mass is 32.2. The average molecular weight is 413 g/mol. The second-order valence-corrected chi connectivity index (χ2v) is 7.94. The Balaban J connectivity index is 2.36. The van der Waals surface area contributed by atoms with Gasteiger partial charge in [0, 0.05) is 5.56 Å². The molecule has 1 fully saturated rings. The first kappa shape index (κ1) is 20.6. The van der Waals surface area contributed by atoms with Gasteiger partial charge in [0.2, 0.25) is 0 Å². The summed E-state index contributed by atoms with van der Waals surface area (Å²) in [6.45, 7) is 0. The zero-order chi connectivity index (χ0) is 19.3. The largest absolute Gasteiger partial charge is 0.548 e. The molecule has 140 valence electrons. The molecule has 2 rings (SSSR count). The highest BCUT2D eigenvalue weighted by Crippen LogP contribution is 2.36. The number of amides is 1. The Morgan fingerprint density at radius 1 is 1.42 bits per heavy atom. The molecule has 0 N–H and O–H groups in total. The van der Waals surface area contributed by atoms with Crippen molar-refractivity contribution in [2.75, 3.05) is 26.2 Å². The van der Waals surface area contributed by atoms with Crippen LogP contribution in [0.3, 0.4) is 0 Å². The first-order valence-corrected chi connectivity index (χ1v) is 10.2. The minimum Gasteiger partial charge on any atom is -0.548 e. The molecule has 1 aromatic rings. The molecule has 0 unspecified atom stereocenters. The molecular formula is C17H18NO5S3-. The number of thioether (sulfide) groups is 2. The first-order chi connectivity index (χ1) is 12.4. The van der Waals surface area contributed by atoms with Crippen LogP contribution in [0.15, 0.2) is 23.1 Å². The maximum Gasteiger partial charge on any atom is 0.266 e. The lowest BCUT2D eigenvalue weighted by atomic mass is 10.1. The van der Waals surface area contributed by atoms with Gasteiger partial charge in [0.15, 0.2) is 0 Å². The lowest BCUT2D eigenvalue weighted by molar-refractivity contribution is -0.310. The molecule has 26 heavy (non-hydrogen) atoms. The Morgan fingerprint density at radius 3 is 2.73 bits per heavy atom. The van der Waals surface area contributed by atoms with Gasteiger partial charge in [0.25, 0.3) is 5.91 Å². The maximum absolute atomic E-state index is 12.8. The van der Waals surface area contributed by atoms with Gasteiger partial charge in [-0.05, 0) is 42.7 Å². The standard InChI is InChI=1S/C17H19NO5S3/c1-22-11-4-5-13(23-2)10(8-11)9-14-15(19)18(17(24)26-14)12(16(20)21)6-7-25-3/h4-5,8-9,12H,6-7H2,1-3H3,(H,20,21)/p-1/b14-9+/t12-/m0/s1. The number of ether oxygens (including phenoxy) is 2. The van der Waals surface area contributed by atoms with Gasteiger partial charge >= 0.3 is 0 Å². The van der Waals surface area contributed by atoms with Crippen LogP contribution in [-0.2, 0) is 9.59 Å². The summed E-state index contributed by atoms with van der Waals surface area (Å²) in [6, 6.07) is 4.13. The molecule has 0 aliphatic carbocycles. The average Bonchev–Trinajstić information content (AvgIpc) is 2.89. The Hall–Kier alpha value is -1.71. The number of carbonyl (C=O) groups excluding carboxylic acids is 2. The van der Waals surface area contributed by atoms with E-state index in [0.717, 1.165) is 16.7 Å². The summed E-state index contributed by atoms with van der Waals surface area (Å²) in [5.41, 5.74) is 0.640. The van der Waals surface area contributed by atoms with Gasteiger partial charge in [-0.2, -0.15) is 11.8 Å². The van der Waals surface area contributed by atoms with Gasteiger partial charge in [-0.25, -0.2) is 0 Å². The molecular weight excluding hydrogens is 394 g/mol. The first-order valence-electron chi connectivity index (χ1n) is 7.61. The van der Waals surface area contributed by atoms with Crippen LogP contribution in [0.4, 0.5) is 0 Å². The highest BCUT2D eigenvalue weighted by molar-refractivity contribution is 8.26. The van der Waals surface area contributed by atoms with Crippen LogP contribution < -0.4 is 14.6 Å². The molecule has 1 heterocycles. The SMILES string of the molecule is COc1ccc(OC)c(/C=C2/SC(=S)N([C@@H](CCSC)C(=O)[O-])C2=O)c1. The predicted molar refractivity (Wildman–Crippen MR) is 106 cm³/mol. The molecule has 1 aromatic carbocycles. The van der Waals surface area contributed by atoms with Gasteiger partial charge in [0.1, 0.15) is 15.8 Å². The number of hydrogen-bond donors (Lipinski definition) is 0. The third kappa shape index (κ3) is 4.52. The third-order valence-electron chi connectivity index (χ3n) is 3.73. The van der Waals surface area contributed by atoms with Gasteiger partial charge in [-0.15, -0.1) is 0 Å². The van der Waals surface area contributed by atoms with Crippen molar-refractivity contribution in [3.63, 3.8) is 0 Å². The van der Waals surface area contributed by atoms with Gasteiger partial charge in [-0.3, -0.25) is 9.69 Å². The molecule has 1 atom stereocenters. The molecule has 6 nitrogen and oxygen atoms in total. The molecule has 1 aliphatic heterocycles. The quantitative estimate of drug-likeness (QED) is 0.472. The van der Waals surface area contributed by atoms with E-state index in [4.69, 9.17) is 21.7 Å². The van der Waals surface area contributed by atoms with Crippen molar-refractivity contribution in [3.8, 4) is 11.5 Å². The fourth-order valence-corrected chi connectivity index (χ4v) is 4.23. The summed E-state index contributed by atoms with van der Waals surface area (Å²) in [6.07, 6.45) is 3.76. The van der Waals surface area contributed by atoms with Crippen molar-refractivity contribution in [1.29, 1.82) is 0 Å². The van der Waals surface area contributed by atoms with Crippen molar-refractivity contribution >= 4 is 58.0 Å². The minimum atomic E-state index is -1.31. The highest BCUT2D eigenvalue weighted by Gasteiger charge is 2.37. The van der Waals surface area contributed by atoms with E-state index in [1.54, 1.807) is 31.4 Å². The van der Waals surface area contributed by atoms with E-state index in [-0.39, 0.29) is 10.7 Å². The summed E-state index contributed by atoms with van der Waals surface area (Å²) in [7, 11) is 3.07. The summed E-state index contributed by atoms with van der Waals surface area (Å²) in [5, 5.41) is 11.5. The van der Waals surface area contributed by atoms with Crippen LogP contribution in [0.2, 0.25) is 0 Å². The topological polar surface area (TPSA) is 78.9 Å². The normalized spacial score (nSPS) is 16.9. The second kappa shape index (κ2) is 9.29. The van der Waals surface area contributed by atoms with Crippen LogP contribution in [0.5, 0.6) is 11.5 Å². The molecule has 0 aromatic heterocycles. The number of benzene rings is 1. The van der Waals surface area contributed by atoms with Gasteiger partial charge in [0.05, 0.1) is 31.1 Å². The van der Waals surface area contributed by atoms with Crippen molar-refractivity contribution < 1.29 is 24.2 Å². The van der Waals surface area contributed by atoms with Gasteiger partial charge in [-0.1, -0.05) is 24.0 Å². The lowest BCUT2D eigenvalue weighted by Crippen LogP contribution is -2.50. The van der Waals surface area contributed by atoms with Crippen molar-refractivity contribution in [1.82, 2.24) is 4.90 Å². The van der Waals surface area contributed by atoms with E-state index in [1.807, 2.05) is 6.26 Å². The Kier molecular flexibility index (Phi) is 7.36. The monoisotopic (exact) mass is 412 g/mol. The number of hydrogen-bond acceptors (Lipinski definition) is 8. The summed E-state index contributed by atoms with van der Waals surface area (Å²) in [5.74, 6) is 0.00380. The van der Waals surface area contributed by atoms with Crippen LogP contribution in [0.1, 0.15) is 12.0 Å². The Labute approximate surface area is 165 Å². The van der Waals surface area contributed by atoms with E-state index in [9.17, 15) is 14.7 Å². The van der Waals surface area contributed by atoms with E-state index in [2.05, 4.69) is 0 Å². The molecule has 0 radical (unpaired) electrons. The Morgan fingerprint density at radius 2 is 2.15 bits per heavy atom. The summed E-state index contributed by atoms with van der Waals surface area (Å²) < 4.78 is 10.7. The fourth-order valence-electron chi connectivity index (χ4n) is 2.42. The number of thiocarbonyl (C=S) groups is 1. The number of methoxy groups -OCH3 is 2. The number of nitrogens with zero attached hydrogens (tertiary/aromatic N) is 1. The van der Waals surface area contributed by atoms with Crippen LogP contribution in [-0.4, -0.2) is 53.4 Å². The van der Waals surface area contributed by atoms with Crippen molar-refractivity contribution in [3.05, 3.63) is 28.7 Å². The molecule has 0 saturated carbocycles. The van der Waals surface area contributed by atoms with E-state index in [0.29, 0.717) is 27.7 Å². The predicted octanol–water partition coefficient (Wildman–Crippen LogP) is 1.78. The van der Waals surface area contributed by atoms with E-state index >= 15 is 0 Å². The number of aliphatic carboxylic acids is 1. The molecule has 0 spiro atoms. The summed E-state index contributed by atoms with van der Waals surface area (Å²) in [4.78, 5) is 25.7. The Bertz CT molecular complexity index is 750. The van der Waals surface area contributed by atoms with E-state index in [1.165, 1.54) is 18.9 Å². The van der Waals surface area contributed by atoms with Gasteiger partial charge < -0.3 is 19.4 Å². The van der Waals surface area contributed by atoms with Crippen LogP contribution in [0, 0.1) is 0 Å². The zero-order valence-electron chi connectivity index (χ0n) is 14.5. The zero-order valence-corrected chi connectivity index (χ0v) is 17.0. The lowest BCUT2D eigenvalue weighted by Gasteiger charge is -2.27. The number of rotatable bonds is 8. The third-order valence-corrected chi connectivity index (χ3v) is 5.70. The molecule has 1 saturated heterocycles. The number of carboxylic acids is 1. The number of carbonyl (C=O) groups is 2. The number of carboxylic acid groups (broad SMARTS) is 1. The smallest absolute Gasteiger partial charge is 0.266 e. The van der Waals surface area contributed by atoms with Crippen LogP contribution >= 0.6 is 35.7 Å². The minimum absolute atomic E-state index is 0.207. The molecule has 0 bridgehead atoms. The molecule has 1 amide bonds. The van der Waals surface area contributed by atoms with Crippen molar-refractivity contribution in [2.45, 2.75) is 12.5 Å². The van der Waals surface area contributed by atoms with Crippen LogP contribution in [0.25, 0.3) is 6.08 Å². The second-order valence-electron chi connectivity index (χ2n) is 5.28. The van der Waals surface area contributed by atoms with E-state index < -0.39 is 17.9 Å². The summed E-state index contributed by atoms with van der Waals surface area (Å²) >= 11 is 7.80.